The fourth-order valence-electron chi connectivity index (χ4n) is 2.92. The first-order valence-electron chi connectivity index (χ1n) is 8.41. The molecule has 0 N–H and O–H groups in total. The molecule has 0 spiro atoms. The van der Waals surface area contributed by atoms with Crippen LogP contribution < -0.4 is 4.31 Å². The summed E-state index contributed by atoms with van der Waals surface area (Å²) in [5.41, 5.74) is 1.76. The monoisotopic (exact) mass is 372 g/mol. The van der Waals surface area contributed by atoms with Crippen molar-refractivity contribution in [3.63, 3.8) is 0 Å². The minimum atomic E-state index is -3.60. The molecule has 0 aliphatic carbocycles. The summed E-state index contributed by atoms with van der Waals surface area (Å²) in [5.74, 6) is -0.755. The molecule has 3 rings (SSSR count). The van der Waals surface area contributed by atoms with Crippen LogP contribution in [-0.4, -0.2) is 37.4 Å². The lowest BCUT2D eigenvalue weighted by Gasteiger charge is -2.21. The second-order valence-corrected chi connectivity index (χ2v) is 8.01. The van der Waals surface area contributed by atoms with E-state index >= 15 is 0 Å². The van der Waals surface area contributed by atoms with Crippen molar-refractivity contribution in [3.05, 3.63) is 65.7 Å². The Bertz CT molecular complexity index is 908. The maximum absolute atomic E-state index is 12.7. The lowest BCUT2D eigenvalue weighted by atomic mass is 10.1. The van der Waals surface area contributed by atoms with E-state index in [4.69, 9.17) is 0 Å². The van der Waals surface area contributed by atoms with Crippen molar-refractivity contribution in [2.75, 3.05) is 16.6 Å². The van der Waals surface area contributed by atoms with Crippen molar-refractivity contribution < 1.29 is 18.0 Å². The molecule has 26 heavy (non-hydrogen) atoms. The number of hydrogen-bond acceptors (Lipinski definition) is 4. The number of hydrogen-bond donors (Lipinski definition) is 0. The molecule has 1 saturated heterocycles. The lowest BCUT2D eigenvalue weighted by Crippen LogP contribution is -2.31. The summed E-state index contributed by atoms with van der Waals surface area (Å²) in [6.07, 6.45) is -0.0102. The number of sulfonamides is 1. The highest BCUT2D eigenvalue weighted by Gasteiger charge is 2.36. The highest BCUT2D eigenvalue weighted by molar-refractivity contribution is 7.94. The van der Waals surface area contributed by atoms with Gasteiger partial charge in [0.2, 0.25) is 15.9 Å². The van der Waals surface area contributed by atoms with E-state index in [2.05, 4.69) is 0 Å². The molecular weight excluding hydrogens is 352 g/mol. The largest absolute Gasteiger partial charge is 0.335 e. The second-order valence-electron chi connectivity index (χ2n) is 6.08. The average Bonchev–Trinajstić information content (AvgIpc) is 2.93. The van der Waals surface area contributed by atoms with Crippen LogP contribution in [0.2, 0.25) is 0 Å². The fourth-order valence-corrected chi connectivity index (χ4v) is 4.38. The normalized spacial score (nSPS) is 15.9. The molecule has 1 aliphatic heterocycles. The number of amides is 2. The SMILES string of the molecule is CCN(Cc1ccccc1)C(=O)c1ccc(N2C(=O)CCS2(=O)=O)cc1. The van der Waals surface area contributed by atoms with Gasteiger partial charge in [0.1, 0.15) is 0 Å². The van der Waals surface area contributed by atoms with Gasteiger partial charge in [-0.05, 0) is 36.8 Å². The van der Waals surface area contributed by atoms with E-state index in [0.717, 1.165) is 9.87 Å². The Hall–Kier alpha value is -2.67. The highest BCUT2D eigenvalue weighted by atomic mass is 32.2. The Morgan fingerprint density at radius 1 is 1.08 bits per heavy atom. The maximum atomic E-state index is 12.7. The van der Waals surface area contributed by atoms with Crippen LogP contribution >= 0.6 is 0 Å². The van der Waals surface area contributed by atoms with Gasteiger partial charge in [0.05, 0.1) is 11.4 Å². The number of rotatable bonds is 5. The van der Waals surface area contributed by atoms with Gasteiger partial charge < -0.3 is 4.90 Å². The van der Waals surface area contributed by atoms with Gasteiger partial charge in [-0.25, -0.2) is 12.7 Å². The minimum Gasteiger partial charge on any atom is -0.335 e. The molecule has 2 aromatic rings. The molecule has 1 fully saturated rings. The molecule has 1 heterocycles. The summed E-state index contributed by atoms with van der Waals surface area (Å²) in [5, 5.41) is 0. The molecule has 6 nitrogen and oxygen atoms in total. The zero-order chi connectivity index (χ0) is 18.7. The molecule has 0 aromatic heterocycles. The van der Waals surface area contributed by atoms with Crippen LogP contribution in [-0.2, 0) is 21.4 Å². The van der Waals surface area contributed by atoms with Crippen molar-refractivity contribution in [3.8, 4) is 0 Å². The van der Waals surface area contributed by atoms with Crippen LogP contribution in [0.25, 0.3) is 0 Å². The number of nitrogens with zero attached hydrogens (tertiary/aromatic N) is 2. The molecule has 1 aliphatic rings. The standard InChI is InChI=1S/C19H20N2O4S/c1-2-20(14-15-6-4-3-5-7-15)19(23)16-8-10-17(11-9-16)21-18(22)12-13-26(21,24)25/h3-11H,2,12-14H2,1H3. The molecule has 0 unspecified atom stereocenters. The van der Waals surface area contributed by atoms with Gasteiger partial charge in [0.25, 0.3) is 5.91 Å². The first kappa shape index (κ1) is 18.1. The van der Waals surface area contributed by atoms with Crippen LogP contribution in [0, 0.1) is 0 Å². The predicted octanol–water partition coefficient (Wildman–Crippen LogP) is 2.42. The van der Waals surface area contributed by atoms with Crippen molar-refractivity contribution in [2.45, 2.75) is 19.9 Å². The van der Waals surface area contributed by atoms with E-state index in [1.54, 1.807) is 17.0 Å². The summed E-state index contributed by atoms with van der Waals surface area (Å²) in [7, 11) is -3.60. The quantitative estimate of drug-likeness (QED) is 0.808. The fraction of sp³-hybridized carbons (Fsp3) is 0.263. The third kappa shape index (κ3) is 3.62. The molecule has 2 aromatic carbocycles. The van der Waals surface area contributed by atoms with Crippen LogP contribution in [0.15, 0.2) is 54.6 Å². The van der Waals surface area contributed by atoms with Crippen molar-refractivity contribution in [1.29, 1.82) is 0 Å². The highest BCUT2D eigenvalue weighted by Crippen LogP contribution is 2.25. The van der Waals surface area contributed by atoms with Gasteiger partial charge in [-0.15, -0.1) is 0 Å². The van der Waals surface area contributed by atoms with E-state index < -0.39 is 15.9 Å². The van der Waals surface area contributed by atoms with E-state index in [-0.39, 0.29) is 23.8 Å². The molecular formula is C19H20N2O4S. The Kier molecular flexibility index (Phi) is 5.08. The Balaban J connectivity index is 1.79. The molecule has 136 valence electrons. The maximum Gasteiger partial charge on any atom is 0.254 e. The summed E-state index contributed by atoms with van der Waals surface area (Å²) in [6.45, 7) is 2.95. The van der Waals surface area contributed by atoms with Gasteiger partial charge in [0, 0.05) is 25.1 Å². The van der Waals surface area contributed by atoms with Crippen molar-refractivity contribution >= 4 is 27.5 Å². The van der Waals surface area contributed by atoms with E-state index in [9.17, 15) is 18.0 Å². The summed E-state index contributed by atoms with van der Waals surface area (Å²) in [4.78, 5) is 26.3. The summed E-state index contributed by atoms with van der Waals surface area (Å²) < 4.78 is 24.8. The summed E-state index contributed by atoms with van der Waals surface area (Å²) >= 11 is 0. The van der Waals surface area contributed by atoms with E-state index in [1.807, 2.05) is 37.3 Å². The van der Waals surface area contributed by atoms with Crippen LogP contribution in [0.4, 0.5) is 5.69 Å². The Morgan fingerprint density at radius 3 is 2.27 bits per heavy atom. The topological polar surface area (TPSA) is 74.8 Å². The third-order valence-electron chi connectivity index (χ3n) is 4.31. The van der Waals surface area contributed by atoms with Crippen molar-refractivity contribution in [2.24, 2.45) is 0 Å². The Morgan fingerprint density at radius 2 is 1.73 bits per heavy atom. The zero-order valence-electron chi connectivity index (χ0n) is 14.5. The summed E-state index contributed by atoms with van der Waals surface area (Å²) in [6, 6.07) is 15.8. The Labute approximate surface area is 153 Å². The molecule has 0 saturated carbocycles. The van der Waals surface area contributed by atoms with E-state index in [0.29, 0.717) is 18.7 Å². The number of anilines is 1. The molecule has 7 heteroatoms. The number of carbonyl (C=O) groups is 2. The van der Waals surface area contributed by atoms with Crippen LogP contribution in [0.3, 0.4) is 0 Å². The van der Waals surface area contributed by atoms with Gasteiger partial charge in [-0.3, -0.25) is 9.59 Å². The van der Waals surface area contributed by atoms with Gasteiger partial charge in [-0.2, -0.15) is 0 Å². The molecule has 0 atom stereocenters. The average molecular weight is 372 g/mol. The smallest absolute Gasteiger partial charge is 0.254 e. The van der Waals surface area contributed by atoms with Gasteiger partial charge in [0.15, 0.2) is 0 Å². The van der Waals surface area contributed by atoms with Crippen LogP contribution in [0.1, 0.15) is 29.3 Å². The van der Waals surface area contributed by atoms with Gasteiger partial charge >= 0.3 is 0 Å². The first-order chi connectivity index (χ1) is 12.4. The molecule has 2 amide bonds. The van der Waals surface area contributed by atoms with Crippen LogP contribution in [0.5, 0.6) is 0 Å². The first-order valence-corrected chi connectivity index (χ1v) is 10.0. The molecule has 0 bridgehead atoms. The number of benzene rings is 2. The molecule has 0 radical (unpaired) electrons. The van der Waals surface area contributed by atoms with Crippen molar-refractivity contribution in [1.82, 2.24) is 4.90 Å². The minimum absolute atomic E-state index is 0.0102. The lowest BCUT2D eigenvalue weighted by molar-refractivity contribution is -0.116. The number of carbonyl (C=O) groups excluding carboxylic acids is 2. The van der Waals surface area contributed by atoms with Gasteiger partial charge in [-0.1, -0.05) is 30.3 Å². The predicted molar refractivity (Wildman–Crippen MR) is 99.2 cm³/mol. The zero-order valence-corrected chi connectivity index (χ0v) is 15.3. The van der Waals surface area contributed by atoms with E-state index in [1.165, 1.54) is 12.1 Å². The third-order valence-corrected chi connectivity index (χ3v) is 6.00. The second kappa shape index (κ2) is 7.29.